The van der Waals surface area contributed by atoms with Gasteiger partial charge in [-0.1, -0.05) is 18.2 Å². The van der Waals surface area contributed by atoms with Crippen molar-refractivity contribution >= 4 is 17.0 Å². The number of rotatable bonds is 3. The van der Waals surface area contributed by atoms with Crippen LogP contribution in [0.3, 0.4) is 0 Å². The van der Waals surface area contributed by atoms with Crippen LogP contribution in [0.15, 0.2) is 28.7 Å². The van der Waals surface area contributed by atoms with Gasteiger partial charge in [-0.3, -0.25) is 0 Å². The maximum Gasteiger partial charge on any atom is 0.315 e. The largest absolute Gasteiger partial charge is 0.459 e. The Morgan fingerprint density at radius 3 is 2.91 bits per heavy atom. The third-order valence-corrected chi connectivity index (χ3v) is 4.12. The minimum atomic E-state index is -0.183. The maximum atomic E-state index is 12.1. The zero-order chi connectivity index (χ0) is 15.5. The molecule has 0 aliphatic carbocycles. The number of amides is 2. The second-order valence-electron chi connectivity index (χ2n) is 5.84. The standard InChI is InChI=1S/C17H22N2O3/c1-11-14-7-3-4-8-15(14)22-16(11)12(2)18-17(20)19-13-6-5-9-21-10-13/h3-4,7-8,12-13H,5-6,9-10H2,1-2H3,(H2,18,19,20). The number of hydrogen-bond acceptors (Lipinski definition) is 3. The Morgan fingerprint density at radius 2 is 2.18 bits per heavy atom. The van der Waals surface area contributed by atoms with Crippen molar-refractivity contribution in [3.05, 3.63) is 35.6 Å². The molecule has 0 saturated carbocycles. The zero-order valence-corrected chi connectivity index (χ0v) is 13.0. The summed E-state index contributed by atoms with van der Waals surface area (Å²) in [5.74, 6) is 0.802. The number of aryl methyl sites for hydroxylation is 1. The van der Waals surface area contributed by atoms with E-state index in [0.717, 1.165) is 41.7 Å². The summed E-state index contributed by atoms with van der Waals surface area (Å²) in [7, 11) is 0. The van der Waals surface area contributed by atoms with Crippen LogP contribution >= 0.6 is 0 Å². The van der Waals surface area contributed by atoms with Gasteiger partial charge in [0.15, 0.2) is 0 Å². The number of fused-ring (bicyclic) bond motifs is 1. The molecule has 22 heavy (non-hydrogen) atoms. The third kappa shape index (κ3) is 3.09. The summed E-state index contributed by atoms with van der Waals surface area (Å²) in [6.45, 7) is 5.33. The molecule has 2 N–H and O–H groups in total. The van der Waals surface area contributed by atoms with Crippen molar-refractivity contribution in [1.29, 1.82) is 0 Å². The average Bonchev–Trinajstić information content (AvgIpc) is 2.86. The summed E-state index contributed by atoms with van der Waals surface area (Å²) in [4.78, 5) is 12.1. The second kappa shape index (κ2) is 6.40. The van der Waals surface area contributed by atoms with E-state index in [2.05, 4.69) is 10.6 Å². The third-order valence-electron chi connectivity index (χ3n) is 4.12. The highest BCUT2D eigenvalue weighted by atomic mass is 16.5. The van der Waals surface area contributed by atoms with E-state index >= 15 is 0 Å². The number of carbonyl (C=O) groups excluding carboxylic acids is 1. The molecule has 0 radical (unpaired) electrons. The highest BCUT2D eigenvalue weighted by molar-refractivity contribution is 5.82. The molecule has 2 aromatic rings. The molecule has 1 aliphatic heterocycles. The first-order valence-corrected chi connectivity index (χ1v) is 7.78. The summed E-state index contributed by atoms with van der Waals surface area (Å²) in [5.41, 5.74) is 1.93. The van der Waals surface area contributed by atoms with Crippen molar-refractivity contribution in [2.24, 2.45) is 0 Å². The molecule has 1 aliphatic rings. The molecule has 0 bridgehead atoms. The van der Waals surface area contributed by atoms with E-state index in [1.165, 1.54) is 0 Å². The number of ether oxygens (including phenoxy) is 1. The number of furan rings is 1. The fourth-order valence-corrected chi connectivity index (χ4v) is 2.95. The summed E-state index contributed by atoms with van der Waals surface area (Å²) in [5, 5.41) is 6.99. The molecule has 1 saturated heterocycles. The molecule has 2 amide bonds. The van der Waals surface area contributed by atoms with Crippen molar-refractivity contribution in [3.63, 3.8) is 0 Å². The topological polar surface area (TPSA) is 63.5 Å². The maximum absolute atomic E-state index is 12.1. The summed E-state index contributed by atoms with van der Waals surface area (Å²) < 4.78 is 11.3. The minimum Gasteiger partial charge on any atom is -0.459 e. The van der Waals surface area contributed by atoms with Crippen molar-refractivity contribution < 1.29 is 13.9 Å². The van der Waals surface area contributed by atoms with E-state index in [0.29, 0.717) is 6.61 Å². The highest BCUT2D eigenvalue weighted by Crippen LogP contribution is 2.29. The van der Waals surface area contributed by atoms with Gasteiger partial charge in [-0.25, -0.2) is 4.79 Å². The van der Waals surface area contributed by atoms with Crippen LogP contribution in [0, 0.1) is 6.92 Å². The Labute approximate surface area is 130 Å². The molecule has 2 heterocycles. The predicted molar refractivity (Wildman–Crippen MR) is 84.9 cm³/mol. The van der Waals surface area contributed by atoms with Crippen LogP contribution in [0.4, 0.5) is 4.79 Å². The molecular weight excluding hydrogens is 280 g/mol. The Bertz CT molecular complexity index is 659. The fourth-order valence-electron chi connectivity index (χ4n) is 2.95. The molecule has 5 nitrogen and oxygen atoms in total. The van der Waals surface area contributed by atoms with Crippen LogP contribution in [0.2, 0.25) is 0 Å². The Kier molecular flexibility index (Phi) is 4.34. The number of nitrogens with one attached hydrogen (secondary N) is 2. The summed E-state index contributed by atoms with van der Waals surface area (Å²) in [6.07, 6.45) is 1.95. The molecule has 0 spiro atoms. The van der Waals surface area contributed by atoms with Gasteiger partial charge in [-0.05, 0) is 32.8 Å². The van der Waals surface area contributed by atoms with Crippen LogP contribution in [-0.4, -0.2) is 25.3 Å². The van der Waals surface area contributed by atoms with E-state index in [9.17, 15) is 4.79 Å². The van der Waals surface area contributed by atoms with Gasteiger partial charge in [0.2, 0.25) is 0 Å². The first-order chi connectivity index (χ1) is 10.6. The van der Waals surface area contributed by atoms with Gasteiger partial charge in [0.05, 0.1) is 18.7 Å². The molecule has 1 aromatic carbocycles. The number of hydrogen-bond donors (Lipinski definition) is 2. The van der Waals surface area contributed by atoms with Gasteiger partial charge < -0.3 is 19.8 Å². The molecule has 5 heteroatoms. The highest BCUT2D eigenvalue weighted by Gasteiger charge is 2.20. The lowest BCUT2D eigenvalue weighted by atomic mass is 10.1. The van der Waals surface area contributed by atoms with E-state index in [-0.39, 0.29) is 18.1 Å². The SMILES string of the molecule is Cc1c(C(C)NC(=O)NC2CCCOC2)oc2ccccc12. The Hall–Kier alpha value is -2.01. The molecule has 2 atom stereocenters. The lowest BCUT2D eigenvalue weighted by molar-refractivity contribution is 0.0730. The van der Waals surface area contributed by atoms with Crippen LogP contribution in [-0.2, 0) is 4.74 Å². The molecule has 1 aromatic heterocycles. The van der Waals surface area contributed by atoms with Crippen molar-refractivity contribution in [2.75, 3.05) is 13.2 Å². The van der Waals surface area contributed by atoms with Crippen LogP contribution < -0.4 is 10.6 Å². The molecular formula is C17H22N2O3. The van der Waals surface area contributed by atoms with Crippen LogP contribution in [0.1, 0.15) is 37.1 Å². The van der Waals surface area contributed by atoms with Gasteiger partial charge in [-0.15, -0.1) is 0 Å². The van der Waals surface area contributed by atoms with Gasteiger partial charge in [0, 0.05) is 17.6 Å². The van der Waals surface area contributed by atoms with Crippen molar-refractivity contribution in [3.8, 4) is 0 Å². The van der Waals surface area contributed by atoms with Crippen molar-refractivity contribution in [1.82, 2.24) is 10.6 Å². The van der Waals surface area contributed by atoms with Gasteiger partial charge in [0.25, 0.3) is 0 Å². The first-order valence-electron chi connectivity index (χ1n) is 7.78. The number of carbonyl (C=O) groups is 1. The molecule has 118 valence electrons. The first kappa shape index (κ1) is 14.9. The predicted octanol–water partition coefficient (Wildman–Crippen LogP) is 3.28. The lowest BCUT2D eigenvalue weighted by Crippen LogP contribution is -2.46. The molecule has 2 unspecified atom stereocenters. The zero-order valence-electron chi connectivity index (χ0n) is 13.0. The molecule has 3 rings (SSSR count). The Morgan fingerprint density at radius 1 is 1.36 bits per heavy atom. The number of urea groups is 1. The van der Waals surface area contributed by atoms with Gasteiger partial charge in [0.1, 0.15) is 11.3 Å². The summed E-state index contributed by atoms with van der Waals surface area (Å²) in [6, 6.07) is 7.64. The van der Waals surface area contributed by atoms with Gasteiger partial charge >= 0.3 is 6.03 Å². The lowest BCUT2D eigenvalue weighted by Gasteiger charge is -2.24. The second-order valence-corrected chi connectivity index (χ2v) is 5.84. The van der Waals surface area contributed by atoms with E-state index in [1.807, 2.05) is 38.1 Å². The van der Waals surface area contributed by atoms with Gasteiger partial charge in [-0.2, -0.15) is 0 Å². The van der Waals surface area contributed by atoms with E-state index in [4.69, 9.17) is 9.15 Å². The quantitative estimate of drug-likeness (QED) is 0.914. The smallest absolute Gasteiger partial charge is 0.315 e. The number of benzene rings is 1. The van der Waals surface area contributed by atoms with Crippen LogP contribution in [0.5, 0.6) is 0 Å². The normalized spacial score (nSPS) is 19.8. The number of para-hydroxylation sites is 1. The minimum absolute atomic E-state index is 0.0951. The monoisotopic (exact) mass is 302 g/mol. The van der Waals surface area contributed by atoms with Crippen molar-refractivity contribution in [2.45, 2.75) is 38.8 Å². The molecule has 1 fully saturated rings. The Balaban J connectivity index is 1.66. The fraction of sp³-hybridized carbons (Fsp3) is 0.471. The van der Waals surface area contributed by atoms with Crippen LogP contribution in [0.25, 0.3) is 11.0 Å². The summed E-state index contributed by atoms with van der Waals surface area (Å²) >= 11 is 0. The van der Waals surface area contributed by atoms with E-state index < -0.39 is 0 Å². The average molecular weight is 302 g/mol. The van der Waals surface area contributed by atoms with E-state index in [1.54, 1.807) is 0 Å².